The van der Waals surface area contributed by atoms with Crippen molar-refractivity contribution in [1.29, 1.82) is 0 Å². The van der Waals surface area contributed by atoms with Crippen LogP contribution < -0.4 is 10.6 Å². The second kappa shape index (κ2) is 5.42. The van der Waals surface area contributed by atoms with Gasteiger partial charge in [0.15, 0.2) is 0 Å². The van der Waals surface area contributed by atoms with Crippen molar-refractivity contribution in [1.82, 2.24) is 15.5 Å². The Morgan fingerprint density at radius 3 is 2.95 bits per heavy atom. The van der Waals surface area contributed by atoms with Gasteiger partial charge in [-0.25, -0.2) is 0 Å². The molecule has 20 heavy (non-hydrogen) atoms. The highest BCUT2D eigenvalue weighted by Gasteiger charge is 2.23. The first-order chi connectivity index (χ1) is 9.74. The summed E-state index contributed by atoms with van der Waals surface area (Å²) in [5.41, 5.74) is 1.43. The van der Waals surface area contributed by atoms with E-state index in [9.17, 15) is 4.79 Å². The van der Waals surface area contributed by atoms with Gasteiger partial charge in [0, 0.05) is 6.92 Å². The van der Waals surface area contributed by atoms with Crippen molar-refractivity contribution in [2.24, 2.45) is 0 Å². The van der Waals surface area contributed by atoms with Gasteiger partial charge < -0.3 is 15.1 Å². The number of amides is 1. The lowest BCUT2D eigenvalue weighted by Gasteiger charge is -2.12. The van der Waals surface area contributed by atoms with Gasteiger partial charge in [-0.3, -0.25) is 4.79 Å². The number of carbonyl (C=O) groups excluding carboxylic acids is 1. The fourth-order valence-electron chi connectivity index (χ4n) is 2.31. The summed E-state index contributed by atoms with van der Waals surface area (Å²) in [6.45, 7) is 2.63. The number of para-hydroxylation sites is 1. The van der Waals surface area contributed by atoms with E-state index >= 15 is 0 Å². The Morgan fingerprint density at radius 2 is 2.25 bits per heavy atom. The Bertz CT molecular complexity index is 617. The van der Waals surface area contributed by atoms with Crippen LogP contribution in [0.2, 0.25) is 0 Å². The van der Waals surface area contributed by atoms with E-state index in [0.29, 0.717) is 17.5 Å². The minimum absolute atomic E-state index is 0.0220. The largest absolute Gasteiger partial charge is 0.421 e. The molecule has 6 heteroatoms. The van der Waals surface area contributed by atoms with Crippen LogP contribution in [0.1, 0.15) is 18.7 Å². The predicted octanol–water partition coefficient (Wildman–Crippen LogP) is 1.74. The molecule has 1 aliphatic rings. The molecule has 3 rings (SSSR count). The van der Waals surface area contributed by atoms with Crippen molar-refractivity contribution < 1.29 is 9.21 Å². The van der Waals surface area contributed by atoms with Crippen LogP contribution in [0, 0.1) is 6.92 Å². The van der Waals surface area contributed by atoms with Crippen LogP contribution >= 0.6 is 0 Å². The molecule has 1 saturated heterocycles. The van der Waals surface area contributed by atoms with Crippen molar-refractivity contribution in [2.75, 3.05) is 11.9 Å². The Hall–Kier alpha value is -2.21. The maximum absolute atomic E-state index is 12.2. The summed E-state index contributed by atoms with van der Waals surface area (Å²) < 4.78 is 5.43. The average molecular weight is 272 g/mol. The first-order valence-electron chi connectivity index (χ1n) is 6.68. The molecule has 2 N–H and O–H groups in total. The predicted molar refractivity (Wildman–Crippen MR) is 74.1 cm³/mol. The average Bonchev–Trinajstić information content (AvgIpc) is 3.10. The number of carbonyl (C=O) groups is 1. The molecule has 0 spiro atoms. The zero-order valence-electron chi connectivity index (χ0n) is 11.2. The molecular weight excluding hydrogens is 256 g/mol. The lowest BCUT2D eigenvalue weighted by atomic mass is 10.1. The van der Waals surface area contributed by atoms with Gasteiger partial charge in [-0.1, -0.05) is 12.1 Å². The first-order valence-corrected chi connectivity index (χ1v) is 6.68. The van der Waals surface area contributed by atoms with Gasteiger partial charge in [0.1, 0.15) is 0 Å². The van der Waals surface area contributed by atoms with Crippen LogP contribution in [0.25, 0.3) is 11.5 Å². The zero-order chi connectivity index (χ0) is 13.9. The van der Waals surface area contributed by atoms with Crippen molar-refractivity contribution >= 4 is 11.6 Å². The number of aromatic nitrogens is 2. The number of anilines is 1. The van der Waals surface area contributed by atoms with Gasteiger partial charge in [-0.05, 0) is 31.5 Å². The summed E-state index contributed by atoms with van der Waals surface area (Å²) in [4.78, 5) is 12.2. The topological polar surface area (TPSA) is 80.0 Å². The van der Waals surface area contributed by atoms with E-state index in [0.717, 1.165) is 24.9 Å². The van der Waals surface area contributed by atoms with Gasteiger partial charge in [0.25, 0.3) is 0 Å². The van der Waals surface area contributed by atoms with E-state index in [1.165, 1.54) is 0 Å². The number of aryl methyl sites for hydroxylation is 1. The molecule has 0 unspecified atom stereocenters. The van der Waals surface area contributed by atoms with Crippen LogP contribution in [-0.4, -0.2) is 28.7 Å². The first kappa shape index (κ1) is 12.8. The number of rotatable bonds is 3. The van der Waals surface area contributed by atoms with Crippen molar-refractivity contribution in [3.05, 3.63) is 30.2 Å². The van der Waals surface area contributed by atoms with Gasteiger partial charge in [0.2, 0.25) is 17.7 Å². The van der Waals surface area contributed by atoms with Crippen LogP contribution in [0.5, 0.6) is 0 Å². The fraction of sp³-hybridized carbons (Fsp3) is 0.357. The van der Waals surface area contributed by atoms with Crippen LogP contribution in [-0.2, 0) is 4.79 Å². The molecule has 1 fully saturated rings. The summed E-state index contributed by atoms with van der Waals surface area (Å²) in [5, 5.41) is 13.9. The lowest BCUT2D eigenvalue weighted by Crippen LogP contribution is -2.35. The van der Waals surface area contributed by atoms with E-state index in [2.05, 4.69) is 20.8 Å². The molecule has 6 nitrogen and oxygen atoms in total. The van der Waals surface area contributed by atoms with Crippen molar-refractivity contribution in [3.63, 3.8) is 0 Å². The maximum Gasteiger partial charge on any atom is 0.249 e. The number of nitrogens with one attached hydrogen (secondary N) is 2. The van der Waals surface area contributed by atoms with Crippen molar-refractivity contribution in [2.45, 2.75) is 25.8 Å². The number of nitrogens with zero attached hydrogens (tertiary/aromatic N) is 2. The third-order valence-corrected chi connectivity index (χ3v) is 3.32. The fourth-order valence-corrected chi connectivity index (χ4v) is 2.31. The second-order valence-corrected chi connectivity index (χ2v) is 4.81. The summed E-state index contributed by atoms with van der Waals surface area (Å²) >= 11 is 0. The smallest absolute Gasteiger partial charge is 0.249 e. The minimum Gasteiger partial charge on any atom is -0.421 e. The minimum atomic E-state index is -0.118. The Labute approximate surface area is 116 Å². The number of hydrogen-bond donors (Lipinski definition) is 2. The van der Waals surface area contributed by atoms with Gasteiger partial charge in [0.05, 0.1) is 17.3 Å². The van der Waals surface area contributed by atoms with E-state index in [1.54, 1.807) is 6.92 Å². The van der Waals surface area contributed by atoms with Crippen LogP contribution in [0.3, 0.4) is 0 Å². The molecule has 1 atom stereocenters. The van der Waals surface area contributed by atoms with Gasteiger partial charge in [-0.2, -0.15) is 0 Å². The maximum atomic E-state index is 12.2. The highest BCUT2D eigenvalue weighted by atomic mass is 16.4. The molecule has 1 aromatic heterocycles. The molecule has 0 bridgehead atoms. The summed E-state index contributed by atoms with van der Waals surface area (Å²) in [5.74, 6) is 0.891. The standard InChI is InChI=1S/C14H16N4O2/c1-9-17-18-14(20-9)10-5-2-3-6-11(10)16-13(19)12-7-4-8-15-12/h2-3,5-6,12,15H,4,7-8H2,1H3,(H,16,19)/t12-/m1/s1. The molecular formula is C14H16N4O2. The molecule has 1 aromatic carbocycles. The number of benzene rings is 1. The van der Waals surface area contributed by atoms with E-state index in [1.807, 2.05) is 24.3 Å². The van der Waals surface area contributed by atoms with Gasteiger partial charge >= 0.3 is 0 Å². The van der Waals surface area contributed by atoms with Crippen LogP contribution in [0.4, 0.5) is 5.69 Å². The summed E-state index contributed by atoms with van der Waals surface area (Å²) in [7, 11) is 0. The molecule has 2 heterocycles. The third kappa shape index (κ3) is 2.55. The van der Waals surface area contributed by atoms with E-state index < -0.39 is 0 Å². The molecule has 1 aliphatic heterocycles. The molecule has 0 radical (unpaired) electrons. The molecule has 2 aromatic rings. The summed E-state index contributed by atoms with van der Waals surface area (Å²) in [6.07, 6.45) is 1.90. The Morgan fingerprint density at radius 1 is 1.40 bits per heavy atom. The van der Waals surface area contributed by atoms with Gasteiger partial charge in [-0.15, -0.1) is 10.2 Å². The second-order valence-electron chi connectivity index (χ2n) is 4.81. The highest BCUT2D eigenvalue weighted by molar-refractivity contribution is 5.97. The molecule has 0 aliphatic carbocycles. The lowest BCUT2D eigenvalue weighted by molar-refractivity contribution is -0.117. The quantitative estimate of drug-likeness (QED) is 0.889. The normalized spacial score (nSPS) is 18.1. The van der Waals surface area contributed by atoms with E-state index in [4.69, 9.17) is 4.42 Å². The third-order valence-electron chi connectivity index (χ3n) is 3.32. The molecule has 104 valence electrons. The zero-order valence-corrected chi connectivity index (χ0v) is 11.2. The Kier molecular flexibility index (Phi) is 3.47. The molecule has 0 saturated carbocycles. The SMILES string of the molecule is Cc1nnc(-c2ccccc2NC(=O)[C@H]2CCCN2)o1. The van der Waals surface area contributed by atoms with Crippen molar-refractivity contribution in [3.8, 4) is 11.5 Å². The monoisotopic (exact) mass is 272 g/mol. The Balaban J connectivity index is 1.84. The highest BCUT2D eigenvalue weighted by Crippen LogP contribution is 2.27. The van der Waals surface area contributed by atoms with E-state index in [-0.39, 0.29) is 11.9 Å². The summed E-state index contributed by atoms with van der Waals surface area (Å²) in [6, 6.07) is 7.31. The molecule has 1 amide bonds. The van der Waals surface area contributed by atoms with Crippen LogP contribution in [0.15, 0.2) is 28.7 Å². The number of hydrogen-bond acceptors (Lipinski definition) is 5.